The van der Waals surface area contributed by atoms with Crippen molar-refractivity contribution in [2.45, 2.75) is 33.1 Å². The molecule has 1 aromatic heterocycles. The number of nitrogens with zero attached hydrogens (tertiary/aromatic N) is 2. The Morgan fingerprint density at radius 1 is 1.03 bits per heavy atom. The SMILES string of the molecule is COc1ccc(-c2noc(CCCC(=O)Nc3ccc(C)c(C)c3)n2)cc1OC. The number of aromatic nitrogens is 2. The van der Waals surface area contributed by atoms with Crippen molar-refractivity contribution < 1.29 is 18.8 Å². The summed E-state index contributed by atoms with van der Waals surface area (Å²) in [6, 6.07) is 11.3. The van der Waals surface area contributed by atoms with E-state index in [9.17, 15) is 4.79 Å². The van der Waals surface area contributed by atoms with Gasteiger partial charge in [-0.2, -0.15) is 4.98 Å². The van der Waals surface area contributed by atoms with Crippen LogP contribution in [0.1, 0.15) is 29.9 Å². The number of carbonyl (C=O) groups is 1. The van der Waals surface area contributed by atoms with Crippen LogP contribution in [0.15, 0.2) is 40.9 Å². The van der Waals surface area contributed by atoms with Gasteiger partial charge >= 0.3 is 0 Å². The van der Waals surface area contributed by atoms with Crippen LogP contribution in [0.5, 0.6) is 11.5 Å². The number of anilines is 1. The summed E-state index contributed by atoms with van der Waals surface area (Å²) < 4.78 is 15.9. The molecule has 0 unspecified atom stereocenters. The Morgan fingerprint density at radius 2 is 1.83 bits per heavy atom. The Kier molecular flexibility index (Phi) is 6.49. The second kappa shape index (κ2) is 9.23. The molecule has 0 aliphatic carbocycles. The van der Waals surface area contributed by atoms with Crippen LogP contribution in [0.25, 0.3) is 11.4 Å². The number of hydrogen-bond acceptors (Lipinski definition) is 6. The molecule has 3 rings (SSSR count). The van der Waals surface area contributed by atoms with Gasteiger partial charge in [-0.25, -0.2) is 0 Å². The van der Waals surface area contributed by atoms with E-state index in [2.05, 4.69) is 15.5 Å². The van der Waals surface area contributed by atoms with Crippen molar-refractivity contribution in [3.63, 3.8) is 0 Å². The first kappa shape index (κ1) is 20.4. The highest BCUT2D eigenvalue weighted by molar-refractivity contribution is 5.90. The molecule has 152 valence electrons. The maximum absolute atomic E-state index is 12.2. The zero-order valence-electron chi connectivity index (χ0n) is 17.1. The highest BCUT2D eigenvalue weighted by atomic mass is 16.5. The van der Waals surface area contributed by atoms with E-state index in [1.165, 1.54) is 5.56 Å². The maximum atomic E-state index is 12.2. The number of aryl methyl sites for hydroxylation is 3. The first-order chi connectivity index (χ1) is 14.0. The molecule has 0 aliphatic heterocycles. The smallest absolute Gasteiger partial charge is 0.226 e. The topological polar surface area (TPSA) is 86.5 Å². The van der Waals surface area contributed by atoms with E-state index in [0.717, 1.165) is 16.8 Å². The molecule has 7 nitrogen and oxygen atoms in total. The van der Waals surface area contributed by atoms with Crippen LogP contribution in [-0.2, 0) is 11.2 Å². The van der Waals surface area contributed by atoms with Crippen LogP contribution in [-0.4, -0.2) is 30.3 Å². The Hall–Kier alpha value is -3.35. The lowest BCUT2D eigenvalue weighted by atomic mass is 10.1. The van der Waals surface area contributed by atoms with Crippen LogP contribution in [0, 0.1) is 13.8 Å². The van der Waals surface area contributed by atoms with Gasteiger partial charge in [0.05, 0.1) is 14.2 Å². The predicted octanol–water partition coefficient (Wildman–Crippen LogP) is 4.33. The molecule has 0 saturated heterocycles. The van der Waals surface area contributed by atoms with Crippen molar-refractivity contribution in [2.75, 3.05) is 19.5 Å². The molecule has 0 bridgehead atoms. The Balaban J connectivity index is 1.54. The second-order valence-electron chi connectivity index (χ2n) is 6.78. The molecule has 0 radical (unpaired) electrons. The summed E-state index contributed by atoms with van der Waals surface area (Å²) in [5.41, 5.74) is 3.93. The lowest BCUT2D eigenvalue weighted by molar-refractivity contribution is -0.116. The Morgan fingerprint density at radius 3 is 2.55 bits per heavy atom. The van der Waals surface area contributed by atoms with Gasteiger partial charge in [0.1, 0.15) is 0 Å². The minimum Gasteiger partial charge on any atom is -0.493 e. The summed E-state index contributed by atoms with van der Waals surface area (Å²) >= 11 is 0. The second-order valence-corrected chi connectivity index (χ2v) is 6.78. The normalized spacial score (nSPS) is 10.6. The lowest BCUT2D eigenvalue weighted by Gasteiger charge is -2.07. The molecule has 2 aromatic carbocycles. The summed E-state index contributed by atoms with van der Waals surface area (Å²) in [5.74, 6) is 2.16. The third-order valence-electron chi connectivity index (χ3n) is 4.69. The van der Waals surface area contributed by atoms with Gasteiger partial charge in [-0.15, -0.1) is 0 Å². The molecule has 0 fully saturated rings. The maximum Gasteiger partial charge on any atom is 0.226 e. The standard InChI is InChI=1S/C22H25N3O4/c1-14-8-10-17(12-15(14)2)23-20(26)6-5-7-21-24-22(25-29-21)16-9-11-18(27-3)19(13-16)28-4/h8-13H,5-7H2,1-4H3,(H,23,26). The highest BCUT2D eigenvalue weighted by Gasteiger charge is 2.13. The van der Waals surface area contributed by atoms with E-state index < -0.39 is 0 Å². The van der Waals surface area contributed by atoms with E-state index in [0.29, 0.717) is 42.5 Å². The summed E-state index contributed by atoms with van der Waals surface area (Å²) in [7, 11) is 3.16. The van der Waals surface area contributed by atoms with Crippen molar-refractivity contribution >= 4 is 11.6 Å². The molecule has 7 heteroatoms. The van der Waals surface area contributed by atoms with Gasteiger partial charge < -0.3 is 19.3 Å². The number of amides is 1. The fourth-order valence-electron chi connectivity index (χ4n) is 2.89. The van der Waals surface area contributed by atoms with Gasteiger partial charge in [0, 0.05) is 24.1 Å². The average molecular weight is 395 g/mol. The number of ether oxygens (including phenoxy) is 2. The highest BCUT2D eigenvalue weighted by Crippen LogP contribution is 2.31. The number of hydrogen-bond donors (Lipinski definition) is 1. The summed E-state index contributed by atoms with van der Waals surface area (Å²) in [6.07, 6.45) is 1.52. The first-order valence-electron chi connectivity index (χ1n) is 9.42. The van der Waals surface area contributed by atoms with Crippen molar-refractivity contribution in [1.29, 1.82) is 0 Å². The van der Waals surface area contributed by atoms with Gasteiger partial charge in [-0.3, -0.25) is 4.79 Å². The van der Waals surface area contributed by atoms with Crippen molar-refractivity contribution in [1.82, 2.24) is 10.1 Å². The lowest BCUT2D eigenvalue weighted by Crippen LogP contribution is -2.11. The van der Waals surface area contributed by atoms with Crippen LogP contribution >= 0.6 is 0 Å². The summed E-state index contributed by atoms with van der Waals surface area (Å²) in [5, 5.41) is 6.94. The molecule has 1 heterocycles. The van der Waals surface area contributed by atoms with E-state index in [1.807, 2.05) is 38.1 Å². The average Bonchev–Trinajstić information content (AvgIpc) is 3.19. The van der Waals surface area contributed by atoms with E-state index in [1.54, 1.807) is 26.4 Å². The van der Waals surface area contributed by atoms with Gasteiger partial charge in [0.25, 0.3) is 0 Å². The van der Waals surface area contributed by atoms with E-state index in [-0.39, 0.29) is 5.91 Å². The minimum absolute atomic E-state index is 0.0344. The molecule has 0 spiro atoms. The third kappa shape index (κ3) is 5.13. The fraction of sp³-hybridized carbons (Fsp3) is 0.318. The summed E-state index contributed by atoms with van der Waals surface area (Å²) in [4.78, 5) is 16.6. The predicted molar refractivity (Wildman–Crippen MR) is 110 cm³/mol. The fourth-order valence-corrected chi connectivity index (χ4v) is 2.89. The molecule has 0 atom stereocenters. The Bertz CT molecular complexity index is 997. The van der Waals surface area contributed by atoms with Crippen molar-refractivity contribution in [3.8, 4) is 22.9 Å². The number of nitrogens with one attached hydrogen (secondary N) is 1. The molecule has 0 aliphatic rings. The largest absolute Gasteiger partial charge is 0.493 e. The molecular formula is C22H25N3O4. The number of carbonyl (C=O) groups excluding carboxylic acids is 1. The minimum atomic E-state index is -0.0344. The zero-order chi connectivity index (χ0) is 20.8. The number of benzene rings is 2. The first-order valence-corrected chi connectivity index (χ1v) is 9.42. The van der Waals surface area contributed by atoms with Gasteiger partial charge in [0.15, 0.2) is 11.5 Å². The van der Waals surface area contributed by atoms with Crippen LogP contribution < -0.4 is 14.8 Å². The van der Waals surface area contributed by atoms with Gasteiger partial charge in [-0.1, -0.05) is 11.2 Å². The van der Waals surface area contributed by atoms with E-state index in [4.69, 9.17) is 14.0 Å². The molecule has 29 heavy (non-hydrogen) atoms. The number of rotatable bonds is 8. The third-order valence-corrected chi connectivity index (χ3v) is 4.69. The zero-order valence-corrected chi connectivity index (χ0v) is 17.1. The van der Waals surface area contributed by atoms with E-state index >= 15 is 0 Å². The molecular weight excluding hydrogens is 370 g/mol. The van der Waals surface area contributed by atoms with Crippen LogP contribution in [0.4, 0.5) is 5.69 Å². The van der Waals surface area contributed by atoms with Gasteiger partial charge in [0.2, 0.25) is 17.6 Å². The molecule has 3 aromatic rings. The van der Waals surface area contributed by atoms with Crippen LogP contribution in [0.2, 0.25) is 0 Å². The number of methoxy groups -OCH3 is 2. The quantitative estimate of drug-likeness (QED) is 0.611. The molecule has 1 amide bonds. The van der Waals surface area contributed by atoms with Crippen molar-refractivity contribution in [2.24, 2.45) is 0 Å². The Labute approximate surface area is 170 Å². The summed E-state index contributed by atoms with van der Waals surface area (Å²) in [6.45, 7) is 4.07. The molecule has 0 saturated carbocycles. The van der Waals surface area contributed by atoms with Gasteiger partial charge in [-0.05, 0) is 61.7 Å². The monoisotopic (exact) mass is 395 g/mol. The van der Waals surface area contributed by atoms with Crippen molar-refractivity contribution in [3.05, 3.63) is 53.4 Å². The molecule has 1 N–H and O–H groups in total. The van der Waals surface area contributed by atoms with Crippen LogP contribution in [0.3, 0.4) is 0 Å².